The molecule has 1 aromatic carbocycles. The number of anilines is 2. The molecule has 170 valence electrons. The number of piperazine rings is 1. The molecule has 0 spiro atoms. The number of fused-ring (bicyclic) bond motifs is 5. The van der Waals surface area contributed by atoms with Gasteiger partial charge in [0.15, 0.2) is 0 Å². The van der Waals surface area contributed by atoms with E-state index in [4.69, 9.17) is 16.7 Å². The van der Waals surface area contributed by atoms with Gasteiger partial charge in [-0.05, 0) is 43.7 Å². The summed E-state index contributed by atoms with van der Waals surface area (Å²) in [6.07, 6.45) is 5.77. The van der Waals surface area contributed by atoms with Crippen LogP contribution in [0, 0.1) is 0 Å². The zero-order valence-corrected chi connectivity index (χ0v) is 20.2. The van der Waals surface area contributed by atoms with E-state index in [-0.39, 0.29) is 0 Å². The van der Waals surface area contributed by atoms with Crippen molar-refractivity contribution in [1.82, 2.24) is 29.5 Å². The number of hydrogen-bond acceptors (Lipinski definition) is 7. The molecule has 0 amide bonds. The fourth-order valence-electron chi connectivity index (χ4n) is 4.75. The molecule has 1 fully saturated rings. The van der Waals surface area contributed by atoms with Gasteiger partial charge in [0.2, 0.25) is 0 Å². The van der Waals surface area contributed by atoms with Crippen molar-refractivity contribution in [2.75, 3.05) is 45.1 Å². The molecule has 0 unspecified atom stereocenters. The molecular formula is C24H26ClN7S. The van der Waals surface area contributed by atoms with E-state index in [0.29, 0.717) is 5.02 Å². The first-order chi connectivity index (χ1) is 16.1. The number of aryl methyl sites for hydroxylation is 2. The van der Waals surface area contributed by atoms with Gasteiger partial charge in [-0.3, -0.25) is 9.58 Å². The number of rotatable bonds is 5. The molecule has 0 atom stereocenters. The van der Waals surface area contributed by atoms with Crippen molar-refractivity contribution in [3.8, 4) is 10.4 Å². The number of halogens is 1. The SMILES string of the molecule is CN1CCN(CCn2cc3c(n2)CCc2c-3sc3ncnc(Nc4cccc(Cl)c4)c23)CC1. The van der Waals surface area contributed by atoms with Gasteiger partial charge in [-0.1, -0.05) is 17.7 Å². The fourth-order valence-corrected chi connectivity index (χ4v) is 6.17. The highest BCUT2D eigenvalue weighted by atomic mass is 35.5. The van der Waals surface area contributed by atoms with Crippen LogP contribution in [-0.4, -0.2) is 69.3 Å². The minimum Gasteiger partial charge on any atom is -0.340 e. The molecule has 4 heterocycles. The van der Waals surface area contributed by atoms with Gasteiger partial charge in [0, 0.05) is 60.1 Å². The first kappa shape index (κ1) is 21.0. The maximum absolute atomic E-state index is 6.18. The highest BCUT2D eigenvalue weighted by Crippen LogP contribution is 2.45. The first-order valence-electron chi connectivity index (χ1n) is 11.4. The molecule has 1 aliphatic heterocycles. The largest absolute Gasteiger partial charge is 0.340 e. The quantitative estimate of drug-likeness (QED) is 0.460. The highest BCUT2D eigenvalue weighted by Gasteiger charge is 2.26. The second-order valence-electron chi connectivity index (χ2n) is 8.84. The zero-order valence-electron chi connectivity index (χ0n) is 18.6. The number of benzene rings is 1. The number of thiophene rings is 1. The van der Waals surface area contributed by atoms with Crippen LogP contribution in [0.15, 0.2) is 36.8 Å². The molecule has 0 bridgehead atoms. The van der Waals surface area contributed by atoms with Crippen LogP contribution in [0.2, 0.25) is 5.02 Å². The predicted molar refractivity (Wildman–Crippen MR) is 135 cm³/mol. The third-order valence-electron chi connectivity index (χ3n) is 6.61. The summed E-state index contributed by atoms with van der Waals surface area (Å²) in [6, 6.07) is 7.73. The fraction of sp³-hybridized carbons (Fsp3) is 0.375. The zero-order chi connectivity index (χ0) is 22.4. The Bertz CT molecular complexity index is 1310. The lowest BCUT2D eigenvalue weighted by molar-refractivity contribution is 0.148. The smallest absolute Gasteiger partial charge is 0.142 e. The Morgan fingerprint density at radius 1 is 1.09 bits per heavy atom. The van der Waals surface area contributed by atoms with Crippen LogP contribution < -0.4 is 5.32 Å². The predicted octanol–water partition coefficient (Wildman–Crippen LogP) is 4.30. The summed E-state index contributed by atoms with van der Waals surface area (Å²) in [6.45, 7) is 6.55. The summed E-state index contributed by atoms with van der Waals surface area (Å²) in [7, 11) is 2.20. The van der Waals surface area contributed by atoms with Crippen LogP contribution in [0.4, 0.5) is 11.5 Å². The topological polar surface area (TPSA) is 62.1 Å². The van der Waals surface area contributed by atoms with Gasteiger partial charge < -0.3 is 10.2 Å². The van der Waals surface area contributed by atoms with Gasteiger partial charge in [-0.15, -0.1) is 11.3 Å². The van der Waals surface area contributed by atoms with Gasteiger partial charge >= 0.3 is 0 Å². The van der Waals surface area contributed by atoms with Crippen molar-refractivity contribution in [3.63, 3.8) is 0 Å². The Kier molecular flexibility index (Phi) is 5.54. The molecule has 0 radical (unpaired) electrons. The molecule has 7 nitrogen and oxygen atoms in total. The van der Waals surface area contributed by atoms with Crippen LogP contribution in [0.1, 0.15) is 11.3 Å². The van der Waals surface area contributed by atoms with Gasteiger partial charge in [0.05, 0.1) is 17.6 Å². The summed E-state index contributed by atoms with van der Waals surface area (Å²) in [4.78, 5) is 16.4. The van der Waals surface area contributed by atoms with E-state index >= 15 is 0 Å². The molecule has 1 aliphatic carbocycles. The molecular weight excluding hydrogens is 454 g/mol. The Hall–Kier alpha value is -2.52. The molecule has 9 heteroatoms. The van der Waals surface area contributed by atoms with Crippen molar-refractivity contribution >= 4 is 44.7 Å². The van der Waals surface area contributed by atoms with Crippen molar-refractivity contribution in [2.24, 2.45) is 0 Å². The van der Waals surface area contributed by atoms with Crippen molar-refractivity contribution in [2.45, 2.75) is 19.4 Å². The number of nitrogens with one attached hydrogen (secondary N) is 1. The van der Waals surface area contributed by atoms with E-state index in [1.807, 2.05) is 24.3 Å². The average Bonchev–Trinajstić information content (AvgIpc) is 3.40. The van der Waals surface area contributed by atoms with Gasteiger partial charge in [-0.2, -0.15) is 5.10 Å². The Morgan fingerprint density at radius 3 is 2.82 bits per heavy atom. The average molecular weight is 480 g/mol. The molecule has 1 N–H and O–H groups in total. The van der Waals surface area contributed by atoms with Crippen LogP contribution in [0.3, 0.4) is 0 Å². The lowest BCUT2D eigenvalue weighted by atomic mass is 9.95. The van der Waals surface area contributed by atoms with Crippen molar-refractivity contribution in [3.05, 3.63) is 53.1 Å². The van der Waals surface area contributed by atoms with E-state index in [1.165, 1.54) is 21.7 Å². The minimum absolute atomic E-state index is 0.700. The Morgan fingerprint density at radius 2 is 1.97 bits per heavy atom. The molecule has 0 saturated carbocycles. The molecule has 2 aliphatic rings. The Labute approximate surface area is 202 Å². The molecule has 33 heavy (non-hydrogen) atoms. The summed E-state index contributed by atoms with van der Waals surface area (Å²) in [5.74, 6) is 0.839. The summed E-state index contributed by atoms with van der Waals surface area (Å²) in [5, 5.41) is 10.2. The van der Waals surface area contributed by atoms with Crippen molar-refractivity contribution in [1.29, 1.82) is 0 Å². The first-order valence-corrected chi connectivity index (χ1v) is 12.6. The molecule has 6 rings (SSSR count). The normalized spacial score (nSPS) is 16.7. The Balaban J connectivity index is 1.28. The van der Waals surface area contributed by atoms with E-state index in [1.54, 1.807) is 17.7 Å². The number of hydrogen-bond donors (Lipinski definition) is 1. The van der Waals surface area contributed by atoms with E-state index < -0.39 is 0 Å². The third kappa shape index (κ3) is 4.12. The molecule has 4 aromatic rings. The minimum atomic E-state index is 0.700. The van der Waals surface area contributed by atoms with E-state index in [0.717, 1.165) is 73.8 Å². The second kappa shape index (κ2) is 8.68. The van der Waals surface area contributed by atoms with Crippen LogP contribution in [0.25, 0.3) is 20.7 Å². The maximum Gasteiger partial charge on any atom is 0.142 e. The highest BCUT2D eigenvalue weighted by molar-refractivity contribution is 7.22. The second-order valence-corrected chi connectivity index (χ2v) is 10.3. The van der Waals surface area contributed by atoms with Crippen LogP contribution in [0.5, 0.6) is 0 Å². The van der Waals surface area contributed by atoms with Crippen LogP contribution >= 0.6 is 22.9 Å². The van der Waals surface area contributed by atoms with Crippen LogP contribution in [-0.2, 0) is 19.4 Å². The number of nitrogens with zero attached hydrogens (tertiary/aromatic N) is 6. The van der Waals surface area contributed by atoms with Gasteiger partial charge in [-0.25, -0.2) is 9.97 Å². The van der Waals surface area contributed by atoms with Gasteiger partial charge in [0.1, 0.15) is 17.0 Å². The lowest BCUT2D eigenvalue weighted by Gasteiger charge is -2.32. The molecule has 1 saturated heterocycles. The lowest BCUT2D eigenvalue weighted by Crippen LogP contribution is -2.45. The summed E-state index contributed by atoms with van der Waals surface area (Å²) < 4.78 is 2.14. The third-order valence-corrected chi connectivity index (χ3v) is 8.02. The maximum atomic E-state index is 6.18. The number of likely N-dealkylation sites (N-methyl/N-ethyl adjacent to an activating group) is 1. The summed E-state index contributed by atoms with van der Waals surface area (Å²) in [5.41, 5.74) is 4.71. The van der Waals surface area contributed by atoms with Gasteiger partial charge in [0.25, 0.3) is 0 Å². The van der Waals surface area contributed by atoms with E-state index in [2.05, 4.69) is 43.0 Å². The summed E-state index contributed by atoms with van der Waals surface area (Å²) >= 11 is 7.92. The number of aromatic nitrogens is 4. The molecule has 3 aromatic heterocycles. The monoisotopic (exact) mass is 479 g/mol. The van der Waals surface area contributed by atoms with E-state index in [9.17, 15) is 0 Å². The van der Waals surface area contributed by atoms with Crippen molar-refractivity contribution < 1.29 is 0 Å². The standard InChI is InChI=1S/C24H26ClN7S/c1-30-7-9-31(10-8-30)11-12-32-14-19-20(29-32)6-5-18-21-23(26-15-27-24(21)33-22(18)19)28-17-4-2-3-16(25)13-17/h2-4,13-15H,5-12H2,1H3,(H,26,27,28).